The van der Waals surface area contributed by atoms with Crippen LogP contribution >= 0.6 is 0 Å². The normalized spacial score (nSPS) is 16.8. The summed E-state index contributed by atoms with van der Waals surface area (Å²) < 4.78 is 24.4. The van der Waals surface area contributed by atoms with E-state index in [0.717, 1.165) is 24.2 Å². The lowest BCUT2D eigenvalue weighted by Gasteiger charge is -2.23. The van der Waals surface area contributed by atoms with Crippen molar-refractivity contribution in [2.24, 2.45) is 5.92 Å². The van der Waals surface area contributed by atoms with Crippen molar-refractivity contribution in [2.75, 3.05) is 18.5 Å². The maximum absolute atomic E-state index is 13.2. The van der Waals surface area contributed by atoms with Gasteiger partial charge < -0.3 is 20.1 Å². The number of hydrogen-bond donors (Lipinski definition) is 2. The zero-order chi connectivity index (χ0) is 17.2. The highest BCUT2D eigenvalue weighted by molar-refractivity contribution is 5.89. The Labute approximate surface area is 145 Å². The second-order valence-electron chi connectivity index (χ2n) is 6.33. The van der Waals surface area contributed by atoms with E-state index in [0.29, 0.717) is 30.6 Å². The van der Waals surface area contributed by atoms with E-state index < -0.39 is 0 Å². The predicted octanol–water partition coefficient (Wildman–Crippen LogP) is 3.87. The lowest BCUT2D eigenvalue weighted by molar-refractivity contribution is 0.171. The first kappa shape index (κ1) is 15.7. The van der Waals surface area contributed by atoms with E-state index in [1.54, 1.807) is 12.1 Å². The minimum absolute atomic E-state index is 0.107. The van der Waals surface area contributed by atoms with Crippen LogP contribution in [0.4, 0.5) is 14.9 Å². The zero-order valence-corrected chi connectivity index (χ0v) is 13.6. The van der Waals surface area contributed by atoms with Gasteiger partial charge in [0.25, 0.3) is 0 Å². The van der Waals surface area contributed by atoms with E-state index in [2.05, 4.69) is 10.6 Å². The monoisotopic (exact) mass is 342 g/mol. The molecule has 1 atom stereocenters. The number of carbonyl (C=O) groups is 1. The van der Waals surface area contributed by atoms with Crippen molar-refractivity contribution in [3.8, 4) is 11.5 Å². The second kappa shape index (κ2) is 6.63. The molecule has 1 aliphatic carbocycles. The summed E-state index contributed by atoms with van der Waals surface area (Å²) in [5, 5.41) is 5.68. The lowest BCUT2D eigenvalue weighted by Crippen LogP contribution is -2.33. The molecule has 2 aromatic rings. The van der Waals surface area contributed by atoms with Crippen LogP contribution in [0.25, 0.3) is 0 Å². The summed E-state index contributed by atoms with van der Waals surface area (Å²) in [6.45, 7) is 1.07. The lowest BCUT2D eigenvalue weighted by atomic mass is 10.0. The number of hydrogen-bond acceptors (Lipinski definition) is 3. The fraction of sp³-hybridized carbons (Fsp3) is 0.316. The molecule has 0 radical (unpaired) electrons. The number of rotatable bonds is 4. The highest BCUT2D eigenvalue weighted by atomic mass is 19.1. The highest BCUT2D eigenvalue weighted by Gasteiger charge is 2.34. The summed E-state index contributed by atoms with van der Waals surface area (Å²) in [5.74, 6) is 1.46. The molecule has 25 heavy (non-hydrogen) atoms. The fourth-order valence-corrected chi connectivity index (χ4v) is 3.03. The van der Waals surface area contributed by atoms with Crippen molar-refractivity contribution < 1.29 is 18.7 Å². The quantitative estimate of drug-likeness (QED) is 0.887. The minimum atomic E-state index is -0.386. The predicted molar refractivity (Wildman–Crippen MR) is 91.5 cm³/mol. The molecule has 0 saturated heterocycles. The molecule has 2 amide bonds. The summed E-state index contributed by atoms with van der Waals surface area (Å²) in [6.07, 6.45) is 2.14. The van der Waals surface area contributed by atoms with E-state index in [1.165, 1.54) is 12.1 Å². The standard InChI is InChI=1S/C19H19FN2O3/c20-14-2-1-3-15(11-14)21-19(23)22-18(12-4-5-12)13-6-7-16-17(10-13)25-9-8-24-16/h1-3,6-7,10-12,18H,4-5,8-9H2,(H2,21,22,23)/t18-/m1/s1. The first-order valence-electron chi connectivity index (χ1n) is 8.42. The van der Waals surface area contributed by atoms with Crippen molar-refractivity contribution in [1.29, 1.82) is 0 Å². The average molecular weight is 342 g/mol. The van der Waals surface area contributed by atoms with E-state index >= 15 is 0 Å². The van der Waals surface area contributed by atoms with Crippen LogP contribution in [0, 0.1) is 11.7 Å². The molecule has 2 aromatic carbocycles. The van der Waals surface area contributed by atoms with Crippen LogP contribution in [0.15, 0.2) is 42.5 Å². The molecule has 0 aromatic heterocycles. The number of amides is 2. The molecule has 0 spiro atoms. The van der Waals surface area contributed by atoms with Gasteiger partial charge in [-0.1, -0.05) is 12.1 Å². The Morgan fingerprint density at radius 3 is 2.64 bits per heavy atom. The molecule has 1 fully saturated rings. The molecule has 130 valence electrons. The molecular formula is C19H19FN2O3. The van der Waals surface area contributed by atoms with Gasteiger partial charge in [-0.3, -0.25) is 0 Å². The number of halogens is 1. The maximum Gasteiger partial charge on any atom is 0.319 e. The molecule has 0 bridgehead atoms. The van der Waals surface area contributed by atoms with Crippen LogP contribution in [-0.2, 0) is 0 Å². The topological polar surface area (TPSA) is 59.6 Å². The van der Waals surface area contributed by atoms with Gasteiger partial charge in [-0.15, -0.1) is 0 Å². The number of anilines is 1. The van der Waals surface area contributed by atoms with Gasteiger partial charge in [-0.05, 0) is 54.7 Å². The molecule has 1 saturated carbocycles. The van der Waals surface area contributed by atoms with Crippen LogP contribution < -0.4 is 20.1 Å². The van der Waals surface area contributed by atoms with Crippen molar-refractivity contribution in [3.63, 3.8) is 0 Å². The number of nitrogens with one attached hydrogen (secondary N) is 2. The molecule has 0 unspecified atom stereocenters. The van der Waals surface area contributed by atoms with Gasteiger partial charge in [0.15, 0.2) is 11.5 Å². The number of benzene rings is 2. The molecular weight excluding hydrogens is 323 g/mol. The third-order valence-corrected chi connectivity index (χ3v) is 4.39. The minimum Gasteiger partial charge on any atom is -0.486 e. The molecule has 4 rings (SSSR count). The molecule has 6 heteroatoms. The molecule has 2 aliphatic rings. The van der Waals surface area contributed by atoms with Crippen LogP contribution in [0.1, 0.15) is 24.4 Å². The Morgan fingerprint density at radius 2 is 1.88 bits per heavy atom. The summed E-state index contributed by atoms with van der Waals surface area (Å²) in [4.78, 5) is 12.3. The fourth-order valence-electron chi connectivity index (χ4n) is 3.03. The smallest absolute Gasteiger partial charge is 0.319 e. The summed E-state index contributed by atoms with van der Waals surface area (Å²) in [5.41, 5.74) is 1.41. The second-order valence-corrected chi connectivity index (χ2v) is 6.33. The molecule has 5 nitrogen and oxygen atoms in total. The first-order valence-corrected chi connectivity index (χ1v) is 8.42. The molecule has 2 N–H and O–H groups in total. The maximum atomic E-state index is 13.2. The Morgan fingerprint density at radius 1 is 1.08 bits per heavy atom. The zero-order valence-electron chi connectivity index (χ0n) is 13.6. The van der Waals surface area contributed by atoms with Gasteiger partial charge in [-0.2, -0.15) is 0 Å². The van der Waals surface area contributed by atoms with Crippen molar-refractivity contribution in [1.82, 2.24) is 5.32 Å². The van der Waals surface area contributed by atoms with Gasteiger partial charge in [-0.25, -0.2) is 9.18 Å². The van der Waals surface area contributed by atoms with Crippen molar-refractivity contribution >= 4 is 11.7 Å². The van der Waals surface area contributed by atoms with Crippen LogP contribution in [0.5, 0.6) is 11.5 Å². The van der Waals surface area contributed by atoms with Gasteiger partial charge in [0.05, 0.1) is 6.04 Å². The Kier molecular flexibility index (Phi) is 4.17. The van der Waals surface area contributed by atoms with Gasteiger partial charge >= 0.3 is 6.03 Å². The summed E-state index contributed by atoms with van der Waals surface area (Å²) in [7, 11) is 0. The Bertz CT molecular complexity index is 792. The van der Waals surface area contributed by atoms with Gasteiger partial charge in [0.1, 0.15) is 19.0 Å². The van der Waals surface area contributed by atoms with E-state index in [1.807, 2.05) is 18.2 Å². The number of urea groups is 1. The molecule has 1 heterocycles. The number of carbonyl (C=O) groups excluding carboxylic acids is 1. The first-order chi connectivity index (χ1) is 12.2. The largest absolute Gasteiger partial charge is 0.486 e. The SMILES string of the molecule is O=C(Nc1cccc(F)c1)N[C@@H](c1ccc2c(c1)OCCO2)C1CC1. The Hall–Kier alpha value is -2.76. The molecule has 1 aliphatic heterocycles. The van der Waals surface area contributed by atoms with Crippen LogP contribution in [0.2, 0.25) is 0 Å². The van der Waals surface area contributed by atoms with Crippen molar-refractivity contribution in [2.45, 2.75) is 18.9 Å². The highest BCUT2D eigenvalue weighted by Crippen LogP contribution is 2.43. The van der Waals surface area contributed by atoms with Gasteiger partial charge in [0.2, 0.25) is 0 Å². The van der Waals surface area contributed by atoms with Crippen molar-refractivity contribution in [3.05, 3.63) is 53.8 Å². The third kappa shape index (κ3) is 3.68. The summed E-state index contributed by atoms with van der Waals surface area (Å²) >= 11 is 0. The average Bonchev–Trinajstić information content (AvgIpc) is 3.44. The van der Waals surface area contributed by atoms with Gasteiger partial charge in [0, 0.05) is 5.69 Å². The third-order valence-electron chi connectivity index (χ3n) is 4.39. The van der Waals surface area contributed by atoms with E-state index in [4.69, 9.17) is 9.47 Å². The van der Waals surface area contributed by atoms with E-state index in [-0.39, 0.29) is 17.9 Å². The van der Waals surface area contributed by atoms with Crippen LogP contribution in [0.3, 0.4) is 0 Å². The summed E-state index contributed by atoms with van der Waals surface area (Å²) in [6, 6.07) is 11.1. The number of fused-ring (bicyclic) bond motifs is 1. The Balaban J connectivity index is 1.49. The number of ether oxygens (including phenoxy) is 2. The van der Waals surface area contributed by atoms with E-state index in [9.17, 15) is 9.18 Å². The van der Waals surface area contributed by atoms with Crippen LogP contribution in [-0.4, -0.2) is 19.2 Å².